The fourth-order valence-corrected chi connectivity index (χ4v) is 4.64. The number of rotatable bonds is 10. The molecule has 11 heteroatoms. The number of benzene rings is 2. The molecule has 0 atom stereocenters. The first-order chi connectivity index (χ1) is 17.0. The summed E-state index contributed by atoms with van der Waals surface area (Å²) in [5.41, 5.74) is 7.40. The van der Waals surface area contributed by atoms with Crippen LogP contribution >= 0.6 is 0 Å². The average molecular weight is 512 g/mol. The average Bonchev–Trinajstić information content (AvgIpc) is 2.80. The summed E-state index contributed by atoms with van der Waals surface area (Å²) in [4.78, 5) is 21.3. The monoisotopic (exact) mass is 511 g/mol. The molecule has 2 aromatic carbocycles. The fraction of sp³-hybridized carbons (Fsp3) is 0.320. The molecular formula is C25H33N7O3S. The summed E-state index contributed by atoms with van der Waals surface area (Å²) >= 11 is 0. The summed E-state index contributed by atoms with van der Waals surface area (Å²) in [6, 6.07) is 13.5. The maximum Gasteiger partial charge on any atom is 0.265 e. The molecule has 0 unspecified atom stereocenters. The largest absolute Gasteiger partial charge is 0.340 e. The summed E-state index contributed by atoms with van der Waals surface area (Å²) < 4.78 is 28.1. The van der Waals surface area contributed by atoms with E-state index in [-0.39, 0.29) is 10.8 Å². The standard InChI is InChI=1S/C25H33N7O3S/c1-6-13-27-31-23(33)18-9-7-10-19(14-18)29-24-26-16-17(2)22(30-24)28-20-11-8-12-21(15-20)36(34,35)32-25(3,4)5/h7-12,14-16,27,32H,6,13H2,1-5H3,(H,31,33)(H2,26,28,29,30). The van der Waals surface area contributed by atoms with Crippen molar-refractivity contribution in [3.63, 3.8) is 0 Å². The summed E-state index contributed by atoms with van der Waals surface area (Å²) in [6.45, 7) is 9.91. The number of sulfonamides is 1. The molecule has 192 valence electrons. The number of nitrogens with one attached hydrogen (secondary N) is 5. The Labute approximate surface area is 212 Å². The molecule has 0 aliphatic carbocycles. The molecule has 0 radical (unpaired) electrons. The molecular weight excluding hydrogens is 478 g/mol. The van der Waals surface area contributed by atoms with Gasteiger partial charge in [-0.05, 0) is 70.5 Å². The van der Waals surface area contributed by atoms with E-state index in [9.17, 15) is 13.2 Å². The second-order valence-corrected chi connectivity index (χ2v) is 11.0. The number of hydrogen-bond donors (Lipinski definition) is 5. The second-order valence-electron chi connectivity index (χ2n) is 9.32. The Morgan fingerprint density at radius 2 is 1.69 bits per heavy atom. The van der Waals surface area contributed by atoms with Gasteiger partial charge in [0.1, 0.15) is 5.82 Å². The number of amides is 1. The normalized spacial score (nSPS) is 11.7. The number of aryl methyl sites for hydroxylation is 1. The van der Waals surface area contributed by atoms with E-state index in [4.69, 9.17) is 0 Å². The topological polar surface area (TPSA) is 137 Å². The van der Waals surface area contributed by atoms with Crippen molar-refractivity contribution < 1.29 is 13.2 Å². The van der Waals surface area contributed by atoms with Crippen molar-refractivity contribution in [1.82, 2.24) is 25.5 Å². The van der Waals surface area contributed by atoms with Crippen LogP contribution in [-0.2, 0) is 10.0 Å². The van der Waals surface area contributed by atoms with Crippen LogP contribution in [0.1, 0.15) is 50.0 Å². The Bertz CT molecular complexity index is 1320. The zero-order valence-electron chi connectivity index (χ0n) is 21.1. The molecule has 0 aliphatic rings. The van der Waals surface area contributed by atoms with Crippen LogP contribution < -0.4 is 26.2 Å². The van der Waals surface area contributed by atoms with E-state index in [1.54, 1.807) is 69.4 Å². The van der Waals surface area contributed by atoms with Gasteiger partial charge in [0.05, 0.1) is 4.90 Å². The third kappa shape index (κ3) is 7.74. The van der Waals surface area contributed by atoms with Gasteiger partial charge in [0, 0.05) is 40.8 Å². The van der Waals surface area contributed by atoms with Crippen molar-refractivity contribution in [3.8, 4) is 0 Å². The van der Waals surface area contributed by atoms with E-state index in [0.717, 1.165) is 12.0 Å². The minimum atomic E-state index is -3.68. The quantitative estimate of drug-likeness (QED) is 0.204. The van der Waals surface area contributed by atoms with Gasteiger partial charge in [-0.2, -0.15) is 4.98 Å². The highest BCUT2D eigenvalue weighted by atomic mass is 32.2. The van der Waals surface area contributed by atoms with Crippen LogP contribution in [0.5, 0.6) is 0 Å². The Morgan fingerprint density at radius 1 is 1.00 bits per heavy atom. The molecule has 5 N–H and O–H groups in total. The first-order valence-corrected chi connectivity index (χ1v) is 13.1. The lowest BCUT2D eigenvalue weighted by molar-refractivity contribution is 0.0933. The first kappa shape index (κ1) is 27.1. The predicted molar refractivity (Wildman–Crippen MR) is 142 cm³/mol. The predicted octanol–water partition coefficient (Wildman–Crippen LogP) is 3.99. The van der Waals surface area contributed by atoms with E-state index in [2.05, 4.69) is 36.2 Å². The lowest BCUT2D eigenvalue weighted by atomic mass is 10.1. The van der Waals surface area contributed by atoms with Crippen LogP contribution in [0, 0.1) is 6.92 Å². The number of aromatic nitrogens is 2. The molecule has 3 rings (SSSR count). The van der Waals surface area contributed by atoms with Crippen LogP contribution in [-0.4, -0.2) is 36.4 Å². The van der Waals surface area contributed by atoms with Gasteiger partial charge < -0.3 is 10.6 Å². The lowest BCUT2D eigenvalue weighted by Crippen LogP contribution is -2.40. The number of hydrogen-bond acceptors (Lipinski definition) is 8. The van der Waals surface area contributed by atoms with Crippen LogP contribution in [0.15, 0.2) is 59.6 Å². The summed E-state index contributed by atoms with van der Waals surface area (Å²) in [5.74, 6) is 0.599. The van der Waals surface area contributed by atoms with Crippen molar-refractivity contribution in [2.24, 2.45) is 0 Å². The van der Waals surface area contributed by atoms with Gasteiger partial charge in [-0.15, -0.1) is 0 Å². The Hall–Kier alpha value is -3.54. The van der Waals surface area contributed by atoms with Gasteiger partial charge in [0.15, 0.2) is 0 Å². The van der Waals surface area contributed by atoms with E-state index in [1.165, 1.54) is 0 Å². The van der Waals surface area contributed by atoms with Crippen molar-refractivity contribution in [1.29, 1.82) is 0 Å². The number of anilines is 4. The van der Waals surface area contributed by atoms with Gasteiger partial charge in [-0.1, -0.05) is 19.1 Å². The van der Waals surface area contributed by atoms with Crippen LogP contribution in [0.3, 0.4) is 0 Å². The number of carbonyl (C=O) groups excluding carboxylic acids is 1. The highest BCUT2D eigenvalue weighted by Gasteiger charge is 2.22. The smallest absolute Gasteiger partial charge is 0.265 e. The van der Waals surface area contributed by atoms with Crippen LogP contribution in [0.2, 0.25) is 0 Å². The lowest BCUT2D eigenvalue weighted by Gasteiger charge is -2.20. The van der Waals surface area contributed by atoms with Crippen molar-refractivity contribution in [2.75, 3.05) is 17.2 Å². The van der Waals surface area contributed by atoms with E-state index >= 15 is 0 Å². The van der Waals surface area contributed by atoms with E-state index in [0.29, 0.717) is 35.2 Å². The molecule has 3 aromatic rings. The maximum absolute atomic E-state index is 12.7. The van der Waals surface area contributed by atoms with Gasteiger partial charge in [-0.25, -0.2) is 23.5 Å². The zero-order chi connectivity index (χ0) is 26.3. The molecule has 1 heterocycles. The van der Waals surface area contributed by atoms with Gasteiger partial charge in [0.25, 0.3) is 5.91 Å². The molecule has 0 spiro atoms. The third-order valence-electron chi connectivity index (χ3n) is 4.78. The molecule has 36 heavy (non-hydrogen) atoms. The van der Waals surface area contributed by atoms with Gasteiger partial charge in [-0.3, -0.25) is 10.2 Å². The summed E-state index contributed by atoms with van der Waals surface area (Å²) in [6.07, 6.45) is 2.56. The number of nitrogens with zero attached hydrogens (tertiary/aromatic N) is 2. The van der Waals surface area contributed by atoms with Crippen LogP contribution in [0.25, 0.3) is 0 Å². The second kappa shape index (κ2) is 11.5. The first-order valence-electron chi connectivity index (χ1n) is 11.6. The van der Waals surface area contributed by atoms with Gasteiger partial charge in [0.2, 0.25) is 16.0 Å². The molecule has 10 nitrogen and oxygen atoms in total. The Kier molecular flexibility index (Phi) is 8.62. The van der Waals surface area contributed by atoms with Crippen molar-refractivity contribution >= 4 is 39.1 Å². The minimum absolute atomic E-state index is 0.149. The highest BCUT2D eigenvalue weighted by Crippen LogP contribution is 2.24. The van der Waals surface area contributed by atoms with E-state index < -0.39 is 15.6 Å². The maximum atomic E-state index is 12.7. The molecule has 0 saturated heterocycles. The highest BCUT2D eigenvalue weighted by molar-refractivity contribution is 7.89. The molecule has 0 bridgehead atoms. The third-order valence-corrected chi connectivity index (χ3v) is 6.53. The summed E-state index contributed by atoms with van der Waals surface area (Å²) in [5, 5.41) is 6.29. The number of carbonyl (C=O) groups is 1. The van der Waals surface area contributed by atoms with Gasteiger partial charge >= 0.3 is 0 Å². The van der Waals surface area contributed by atoms with Crippen LogP contribution in [0.4, 0.5) is 23.1 Å². The molecule has 1 amide bonds. The minimum Gasteiger partial charge on any atom is -0.340 e. The fourth-order valence-electron chi connectivity index (χ4n) is 3.18. The summed E-state index contributed by atoms with van der Waals surface area (Å²) in [7, 11) is -3.68. The molecule has 0 fully saturated rings. The number of hydrazine groups is 1. The Morgan fingerprint density at radius 3 is 2.39 bits per heavy atom. The van der Waals surface area contributed by atoms with Crippen molar-refractivity contribution in [3.05, 3.63) is 65.9 Å². The molecule has 0 saturated carbocycles. The zero-order valence-corrected chi connectivity index (χ0v) is 22.0. The van der Waals surface area contributed by atoms with E-state index in [1.807, 2.05) is 19.9 Å². The molecule has 0 aliphatic heterocycles. The SMILES string of the molecule is CCCNNC(=O)c1cccc(Nc2ncc(C)c(Nc3cccc(S(=O)(=O)NC(C)(C)C)c3)n2)c1. The Balaban J connectivity index is 1.77. The molecule has 1 aromatic heterocycles. The van der Waals surface area contributed by atoms with Crippen molar-refractivity contribution in [2.45, 2.75) is 51.5 Å².